The third kappa shape index (κ3) is 6.47. The van der Waals surface area contributed by atoms with Crippen LogP contribution in [0.3, 0.4) is 0 Å². The highest BCUT2D eigenvalue weighted by Gasteiger charge is 2.29. The molecule has 0 aliphatic rings. The molecule has 0 saturated heterocycles. The summed E-state index contributed by atoms with van der Waals surface area (Å²) in [6.07, 6.45) is -2.42. The molecule has 0 spiro atoms. The number of nitrogens with zero attached hydrogens (tertiary/aromatic N) is 1. The van der Waals surface area contributed by atoms with Crippen LogP contribution in [0.4, 0.5) is 5.69 Å². The lowest BCUT2D eigenvalue weighted by atomic mass is 9.89. The second-order valence-corrected chi connectivity index (χ2v) is 7.47. The van der Waals surface area contributed by atoms with E-state index in [0.717, 1.165) is 0 Å². The number of hydrogen-bond donors (Lipinski definition) is 7. The normalized spacial score (nSPS) is 12.8. The Hall–Kier alpha value is -2.57. The Kier molecular flexibility index (Phi) is 10.7. The molecule has 1 aromatic rings. The maximum absolute atomic E-state index is 13.0. The summed E-state index contributed by atoms with van der Waals surface area (Å²) in [4.78, 5) is 39.4. The highest BCUT2D eigenvalue weighted by atomic mass is 16.3. The molecule has 0 fully saturated rings. The largest absolute Gasteiger partial charge is 0.395 e. The number of carbonyl (C=O) groups excluding carboxylic acids is 3. The molecule has 180 valence electrons. The lowest BCUT2D eigenvalue weighted by molar-refractivity contribution is -0.117. The number of anilines is 1. The van der Waals surface area contributed by atoms with Crippen LogP contribution in [0.2, 0.25) is 0 Å². The van der Waals surface area contributed by atoms with Gasteiger partial charge in [-0.1, -0.05) is 0 Å². The highest BCUT2D eigenvalue weighted by molar-refractivity contribution is 6.08. The van der Waals surface area contributed by atoms with Crippen molar-refractivity contribution < 1.29 is 39.9 Å². The number of rotatable bonds is 11. The van der Waals surface area contributed by atoms with E-state index in [-0.39, 0.29) is 43.1 Å². The fourth-order valence-electron chi connectivity index (χ4n) is 3.56. The van der Waals surface area contributed by atoms with Gasteiger partial charge in [0.25, 0.3) is 11.8 Å². The van der Waals surface area contributed by atoms with E-state index in [4.69, 9.17) is 10.2 Å². The Morgan fingerprint density at radius 1 is 0.844 bits per heavy atom. The maximum Gasteiger partial charge on any atom is 0.252 e. The molecule has 0 aliphatic carbocycles. The first kappa shape index (κ1) is 27.5. The van der Waals surface area contributed by atoms with Gasteiger partial charge < -0.3 is 41.1 Å². The monoisotopic (exact) mass is 455 g/mol. The zero-order valence-corrected chi connectivity index (χ0v) is 18.8. The molecular weight excluding hydrogens is 422 g/mol. The molecule has 11 nitrogen and oxygen atoms in total. The van der Waals surface area contributed by atoms with Crippen LogP contribution in [0, 0.1) is 20.8 Å². The molecule has 0 heterocycles. The number of hydrogen-bond acceptors (Lipinski definition) is 8. The summed E-state index contributed by atoms with van der Waals surface area (Å²) in [5, 5.41) is 51.8. The van der Waals surface area contributed by atoms with Gasteiger partial charge in [0.2, 0.25) is 5.91 Å². The molecule has 2 atom stereocenters. The summed E-state index contributed by atoms with van der Waals surface area (Å²) >= 11 is 0. The first-order chi connectivity index (χ1) is 15.0. The third-order valence-electron chi connectivity index (χ3n) is 5.02. The van der Waals surface area contributed by atoms with E-state index in [1.165, 1.54) is 11.8 Å². The summed E-state index contributed by atoms with van der Waals surface area (Å²) in [6, 6.07) is 0. The van der Waals surface area contributed by atoms with Crippen LogP contribution < -0.4 is 15.5 Å². The minimum absolute atomic E-state index is 0.0230. The van der Waals surface area contributed by atoms with Crippen molar-refractivity contribution in [2.24, 2.45) is 0 Å². The topological polar surface area (TPSA) is 180 Å². The van der Waals surface area contributed by atoms with E-state index in [1.807, 2.05) is 0 Å². The molecule has 1 rings (SSSR count). The minimum atomic E-state index is -1.25. The van der Waals surface area contributed by atoms with Gasteiger partial charge in [-0.2, -0.15) is 0 Å². The molecule has 0 bridgehead atoms. The summed E-state index contributed by atoms with van der Waals surface area (Å²) in [5.41, 5.74) is 1.50. The van der Waals surface area contributed by atoms with Gasteiger partial charge in [-0.05, 0) is 37.5 Å². The van der Waals surface area contributed by atoms with Gasteiger partial charge in [-0.15, -0.1) is 0 Å². The lowest BCUT2D eigenvalue weighted by Crippen LogP contribution is -2.40. The number of carbonyl (C=O) groups is 3. The predicted octanol–water partition coefficient (Wildman–Crippen LogP) is -1.88. The Morgan fingerprint density at radius 3 is 1.78 bits per heavy atom. The minimum Gasteiger partial charge on any atom is -0.395 e. The van der Waals surface area contributed by atoms with Gasteiger partial charge in [0.05, 0.1) is 44.3 Å². The maximum atomic E-state index is 13.0. The molecule has 32 heavy (non-hydrogen) atoms. The van der Waals surface area contributed by atoms with Gasteiger partial charge in [-0.3, -0.25) is 14.4 Å². The second-order valence-electron chi connectivity index (χ2n) is 7.47. The molecule has 1 aromatic carbocycles. The van der Waals surface area contributed by atoms with Gasteiger partial charge >= 0.3 is 0 Å². The number of benzene rings is 1. The van der Waals surface area contributed by atoms with Crippen molar-refractivity contribution in [3.63, 3.8) is 0 Å². The Bertz CT molecular complexity index is 843. The number of aliphatic hydroxyl groups excluding tert-OH is 5. The van der Waals surface area contributed by atoms with Crippen molar-refractivity contribution in [1.29, 1.82) is 0 Å². The average molecular weight is 456 g/mol. The van der Waals surface area contributed by atoms with Crippen molar-refractivity contribution in [1.82, 2.24) is 10.6 Å². The van der Waals surface area contributed by atoms with Crippen LogP contribution in [0.15, 0.2) is 0 Å². The van der Waals surface area contributed by atoms with Crippen LogP contribution >= 0.6 is 0 Å². The summed E-state index contributed by atoms with van der Waals surface area (Å²) < 4.78 is 0. The van der Waals surface area contributed by atoms with Crippen LogP contribution in [-0.4, -0.2) is 94.9 Å². The second kappa shape index (κ2) is 12.5. The summed E-state index contributed by atoms with van der Waals surface area (Å²) in [6.45, 7) is 4.05. The molecule has 7 N–H and O–H groups in total. The first-order valence-electron chi connectivity index (χ1n) is 10.2. The van der Waals surface area contributed by atoms with E-state index in [1.54, 1.807) is 20.8 Å². The molecule has 0 aromatic heterocycles. The molecule has 0 aliphatic heterocycles. The number of nitrogens with one attached hydrogen (secondary N) is 2. The SMILES string of the molecule is CC(=O)N(CC(O)CO)c1c(C)c(C(=O)NCCO)c(C)c(C(=O)NCC(O)CO)c1C. The van der Waals surface area contributed by atoms with Crippen molar-refractivity contribution in [3.8, 4) is 0 Å². The van der Waals surface area contributed by atoms with Crippen LogP contribution in [-0.2, 0) is 4.79 Å². The Morgan fingerprint density at radius 2 is 1.34 bits per heavy atom. The van der Waals surface area contributed by atoms with Crippen molar-refractivity contribution in [2.75, 3.05) is 44.4 Å². The Labute approximate surface area is 186 Å². The fourth-order valence-corrected chi connectivity index (χ4v) is 3.56. The fraction of sp³-hybridized carbons (Fsp3) is 0.571. The molecule has 2 unspecified atom stereocenters. The van der Waals surface area contributed by atoms with Crippen LogP contribution in [0.1, 0.15) is 44.3 Å². The summed E-state index contributed by atoms with van der Waals surface area (Å²) in [7, 11) is 0. The predicted molar refractivity (Wildman–Crippen MR) is 117 cm³/mol. The van der Waals surface area contributed by atoms with E-state index < -0.39 is 43.1 Å². The van der Waals surface area contributed by atoms with Crippen LogP contribution in [0.5, 0.6) is 0 Å². The van der Waals surface area contributed by atoms with E-state index in [9.17, 15) is 29.7 Å². The van der Waals surface area contributed by atoms with Crippen molar-refractivity contribution in [2.45, 2.75) is 39.9 Å². The molecule has 3 amide bonds. The van der Waals surface area contributed by atoms with Gasteiger partial charge in [0, 0.05) is 31.1 Å². The smallest absolute Gasteiger partial charge is 0.252 e. The molecule has 11 heteroatoms. The zero-order valence-electron chi connectivity index (χ0n) is 18.8. The molecule has 0 radical (unpaired) electrons. The van der Waals surface area contributed by atoms with Crippen LogP contribution in [0.25, 0.3) is 0 Å². The quantitative estimate of drug-likeness (QED) is 0.203. The van der Waals surface area contributed by atoms with E-state index >= 15 is 0 Å². The highest BCUT2D eigenvalue weighted by Crippen LogP contribution is 2.34. The molecule has 0 saturated carbocycles. The zero-order chi connectivity index (χ0) is 24.6. The van der Waals surface area contributed by atoms with E-state index in [2.05, 4.69) is 10.6 Å². The van der Waals surface area contributed by atoms with Crippen molar-refractivity contribution in [3.05, 3.63) is 27.8 Å². The van der Waals surface area contributed by atoms with Gasteiger partial charge in [0.15, 0.2) is 0 Å². The third-order valence-corrected chi connectivity index (χ3v) is 5.02. The first-order valence-corrected chi connectivity index (χ1v) is 10.2. The lowest BCUT2D eigenvalue weighted by Gasteiger charge is -2.30. The van der Waals surface area contributed by atoms with Gasteiger partial charge in [-0.25, -0.2) is 0 Å². The molecular formula is C21H33N3O8. The Balaban J connectivity index is 3.74. The average Bonchev–Trinajstić information content (AvgIpc) is 2.74. The summed E-state index contributed by atoms with van der Waals surface area (Å²) in [5.74, 6) is -1.67. The number of aliphatic hydroxyl groups is 5. The number of amides is 3. The standard InChI is InChI=1S/C21H33N3O8/c1-11-17(20(31)22-5-6-25)12(2)19(24(14(4)28)8-16(30)10-27)13(3)18(11)21(32)23-7-15(29)9-26/h15-16,25-27,29-30H,5-10H2,1-4H3,(H,22,31)(H,23,32). The van der Waals surface area contributed by atoms with Crippen molar-refractivity contribution >= 4 is 23.4 Å². The van der Waals surface area contributed by atoms with Gasteiger partial charge in [0.1, 0.15) is 0 Å². The van der Waals surface area contributed by atoms with E-state index in [0.29, 0.717) is 16.7 Å².